The summed E-state index contributed by atoms with van der Waals surface area (Å²) < 4.78 is 6.57. The van der Waals surface area contributed by atoms with Crippen molar-refractivity contribution in [2.24, 2.45) is 5.73 Å². The van der Waals surface area contributed by atoms with Crippen LogP contribution in [0.4, 0.5) is 0 Å². The number of nitrogens with zero attached hydrogens (tertiary/aromatic N) is 1. The fourth-order valence-corrected chi connectivity index (χ4v) is 5.57. The van der Waals surface area contributed by atoms with Crippen molar-refractivity contribution in [1.82, 2.24) is 4.90 Å². The highest BCUT2D eigenvalue weighted by molar-refractivity contribution is 5.01. The Morgan fingerprint density at radius 2 is 1.19 bits per heavy atom. The van der Waals surface area contributed by atoms with Gasteiger partial charge in [0.2, 0.25) is 0 Å². The van der Waals surface area contributed by atoms with E-state index in [0.29, 0.717) is 18.2 Å². The zero-order chi connectivity index (χ0) is 14.2. The summed E-state index contributed by atoms with van der Waals surface area (Å²) in [6.07, 6.45) is 17.1. The Labute approximate surface area is 129 Å². The lowest BCUT2D eigenvalue weighted by molar-refractivity contribution is -0.189. The van der Waals surface area contributed by atoms with E-state index in [1.807, 2.05) is 0 Å². The van der Waals surface area contributed by atoms with Crippen LogP contribution in [0.3, 0.4) is 0 Å². The molecule has 1 saturated heterocycles. The van der Waals surface area contributed by atoms with E-state index in [1.165, 1.54) is 77.0 Å². The Hall–Kier alpha value is -0.120. The summed E-state index contributed by atoms with van der Waals surface area (Å²) in [6, 6.07) is 2.70. The molecular formula is C18H32N2O. The second-order valence-corrected chi connectivity index (χ2v) is 7.93. The molecule has 3 saturated carbocycles. The molecule has 4 aliphatic rings. The molecular weight excluding hydrogens is 260 g/mol. The van der Waals surface area contributed by atoms with Crippen molar-refractivity contribution >= 4 is 0 Å². The Morgan fingerprint density at radius 3 is 1.76 bits per heavy atom. The third kappa shape index (κ3) is 2.77. The minimum absolute atomic E-state index is 0.464. The predicted molar refractivity (Wildman–Crippen MR) is 85.2 cm³/mol. The molecule has 4 rings (SSSR count). The lowest BCUT2D eigenvalue weighted by Crippen LogP contribution is -2.65. The van der Waals surface area contributed by atoms with Crippen LogP contribution in [0.2, 0.25) is 0 Å². The molecule has 4 atom stereocenters. The molecule has 120 valence electrons. The number of rotatable bonds is 1. The lowest BCUT2D eigenvalue weighted by Gasteiger charge is -2.56. The van der Waals surface area contributed by atoms with Crippen LogP contribution in [0.15, 0.2) is 0 Å². The molecule has 0 spiro atoms. The fraction of sp³-hybridized carbons (Fsp3) is 1.00. The summed E-state index contributed by atoms with van der Waals surface area (Å²) in [7, 11) is 0. The van der Waals surface area contributed by atoms with Crippen LogP contribution in [-0.2, 0) is 4.74 Å². The predicted octanol–water partition coefficient (Wildman–Crippen LogP) is 3.21. The SMILES string of the molecule is NC1CCC(N2C3CCCCC3OC3CCCCC32)CC1. The number of ether oxygens (including phenoxy) is 1. The molecule has 1 aliphatic heterocycles. The van der Waals surface area contributed by atoms with Crippen molar-refractivity contribution in [2.75, 3.05) is 0 Å². The minimum Gasteiger partial charge on any atom is -0.372 e. The molecule has 4 unspecified atom stereocenters. The first-order valence-electron chi connectivity index (χ1n) is 9.51. The van der Waals surface area contributed by atoms with Crippen LogP contribution in [0, 0.1) is 0 Å². The average molecular weight is 292 g/mol. The maximum absolute atomic E-state index is 6.57. The van der Waals surface area contributed by atoms with Crippen molar-refractivity contribution in [3.63, 3.8) is 0 Å². The van der Waals surface area contributed by atoms with Gasteiger partial charge in [0.15, 0.2) is 0 Å². The van der Waals surface area contributed by atoms with Crippen LogP contribution in [0.5, 0.6) is 0 Å². The van der Waals surface area contributed by atoms with Crippen molar-refractivity contribution in [3.8, 4) is 0 Å². The second kappa shape index (κ2) is 6.17. The third-order valence-corrected chi connectivity index (χ3v) is 6.61. The Bertz CT molecular complexity index is 331. The highest BCUT2D eigenvalue weighted by Crippen LogP contribution is 2.42. The van der Waals surface area contributed by atoms with Gasteiger partial charge in [-0.15, -0.1) is 0 Å². The molecule has 0 bridgehead atoms. The molecule has 0 amide bonds. The van der Waals surface area contributed by atoms with Crippen molar-refractivity contribution in [1.29, 1.82) is 0 Å². The third-order valence-electron chi connectivity index (χ3n) is 6.61. The van der Waals surface area contributed by atoms with Gasteiger partial charge in [0.1, 0.15) is 0 Å². The summed E-state index contributed by atoms with van der Waals surface area (Å²) in [5.74, 6) is 0. The van der Waals surface area contributed by atoms with Gasteiger partial charge in [-0.2, -0.15) is 0 Å². The number of nitrogens with two attached hydrogens (primary N) is 1. The Morgan fingerprint density at radius 1 is 0.667 bits per heavy atom. The van der Waals surface area contributed by atoms with Crippen LogP contribution in [0.25, 0.3) is 0 Å². The maximum atomic E-state index is 6.57. The zero-order valence-electron chi connectivity index (χ0n) is 13.4. The quantitative estimate of drug-likeness (QED) is 0.806. The molecule has 4 fully saturated rings. The highest BCUT2D eigenvalue weighted by Gasteiger charge is 2.47. The van der Waals surface area contributed by atoms with Gasteiger partial charge in [-0.3, -0.25) is 4.90 Å². The lowest BCUT2D eigenvalue weighted by atomic mass is 9.79. The second-order valence-electron chi connectivity index (χ2n) is 7.93. The zero-order valence-corrected chi connectivity index (χ0v) is 13.4. The van der Waals surface area contributed by atoms with Crippen LogP contribution < -0.4 is 5.73 Å². The molecule has 2 N–H and O–H groups in total. The molecule has 1 heterocycles. The first kappa shape index (κ1) is 14.5. The number of hydrogen-bond acceptors (Lipinski definition) is 3. The largest absolute Gasteiger partial charge is 0.372 e. The normalized spacial score (nSPS) is 48.4. The molecule has 0 aromatic rings. The van der Waals surface area contributed by atoms with Gasteiger partial charge in [-0.05, 0) is 51.4 Å². The van der Waals surface area contributed by atoms with Crippen LogP contribution >= 0.6 is 0 Å². The van der Waals surface area contributed by atoms with Crippen molar-refractivity contribution < 1.29 is 4.74 Å². The number of morpholine rings is 1. The minimum atomic E-state index is 0.464. The van der Waals surface area contributed by atoms with Crippen molar-refractivity contribution in [2.45, 2.75) is 113 Å². The summed E-state index contributed by atoms with van der Waals surface area (Å²) >= 11 is 0. The molecule has 0 aromatic carbocycles. The molecule has 21 heavy (non-hydrogen) atoms. The van der Waals surface area contributed by atoms with Gasteiger partial charge in [-0.25, -0.2) is 0 Å². The molecule has 0 radical (unpaired) electrons. The smallest absolute Gasteiger partial charge is 0.0735 e. The highest BCUT2D eigenvalue weighted by atomic mass is 16.5. The average Bonchev–Trinajstić information content (AvgIpc) is 2.53. The van der Waals surface area contributed by atoms with E-state index in [0.717, 1.165) is 18.1 Å². The van der Waals surface area contributed by atoms with Crippen LogP contribution in [-0.4, -0.2) is 41.3 Å². The van der Waals surface area contributed by atoms with Gasteiger partial charge in [-0.1, -0.05) is 25.7 Å². The molecule has 0 aromatic heterocycles. The van der Waals surface area contributed by atoms with E-state index in [4.69, 9.17) is 10.5 Å². The van der Waals surface area contributed by atoms with Gasteiger partial charge in [0.25, 0.3) is 0 Å². The summed E-state index contributed by atoms with van der Waals surface area (Å²) in [5, 5.41) is 0. The standard InChI is InChI=1S/C18H32N2O/c19-13-9-11-14(12-10-13)20-15-5-1-3-7-17(15)21-18-8-4-2-6-16(18)20/h13-18H,1-12,19H2. The molecule has 3 heteroatoms. The Kier molecular flexibility index (Phi) is 4.25. The number of hydrogen-bond donors (Lipinski definition) is 1. The van der Waals surface area contributed by atoms with Gasteiger partial charge >= 0.3 is 0 Å². The van der Waals surface area contributed by atoms with Crippen molar-refractivity contribution in [3.05, 3.63) is 0 Å². The summed E-state index contributed by atoms with van der Waals surface area (Å²) in [6.45, 7) is 0. The molecule has 3 nitrogen and oxygen atoms in total. The van der Waals surface area contributed by atoms with Gasteiger partial charge in [0, 0.05) is 24.2 Å². The topological polar surface area (TPSA) is 38.5 Å². The van der Waals surface area contributed by atoms with Crippen LogP contribution in [0.1, 0.15) is 77.0 Å². The first-order valence-corrected chi connectivity index (χ1v) is 9.51. The van der Waals surface area contributed by atoms with E-state index in [9.17, 15) is 0 Å². The monoisotopic (exact) mass is 292 g/mol. The maximum Gasteiger partial charge on any atom is 0.0735 e. The van der Waals surface area contributed by atoms with Gasteiger partial charge < -0.3 is 10.5 Å². The molecule has 3 aliphatic carbocycles. The fourth-order valence-electron chi connectivity index (χ4n) is 5.57. The summed E-state index contributed by atoms with van der Waals surface area (Å²) in [4.78, 5) is 2.98. The van der Waals surface area contributed by atoms with E-state index in [2.05, 4.69) is 4.90 Å². The van der Waals surface area contributed by atoms with Gasteiger partial charge in [0.05, 0.1) is 12.2 Å². The number of fused-ring (bicyclic) bond motifs is 2. The van der Waals surface area contributed by atoms with E-state index < -0.39 is 0 Å². The first-order chi connectivity index (χ1) is 10.3. The summed E-state index contributed by atoms with van der Waals surface area (Å²) in [5.41, 5.74) is 6.15. The van der Waals surface area contributed by atoms with E-state index >= 15 is 0 Å². The van der Waals surface area contributed by atoms with E-state index in [1.54, 1.807) is 0 Å². The Balaban J connectivity index is 1.56. The van der Waals surface area contributed by atoms with E-state index in [-0.39, 0.29) is 0 Å².